The molecule has 0 fully saturated rings. The number of hydrogen-bond donors (Lipinski definition) is 1. The molecule has 1 unspecified atom stereocenters. The van der Waals surface area contributed by atoms with E-state index in [-0.39, 0.29) is 18.6 Å². The topological polar surface area (TPSA) is 41.6 Å². The SMILES string of the molecule is CC(C)OCC(=O)NCC(C(C)C)N(C)C. The molecule has 16 heavy (non-hydrogen) atoms. The number of nitrogens with zero attached hydrogens (tertiary/aromatic N) is 1. The molecular formula is C12H26N2O2. The Morgan fingerprint density at radius 2 is 1.81 bits per heavy atom. The summed E-state index contributed by atoms with van der Waals surface area (Å²) in [4.78, 5) is 13.6. The Hall–Kier alpha value is -0.610. The Morgan fingerprint density at radius 3 is 2.19 bits per heavy atom. The van der Waals surface area contributed by atoms with Gasteiger partial charge in [-0.05, 0) is 33.9 Å². The molecule has 0 aromatic carbocycles. The quantitative estimate of drug-likeness (QED) is 0.712. The molecule has 0 aliphatic carbocycles. The average Bonchev–Trinajstić information content (AvgIpc) is 2.13. The van der Waals surface area contributed by atoms with Crippen molar-refractivity contribution in [1.82, 2.24) is 10.2 Å². The van der Waals surface area contributed by atoms with Gasteiger partial charge in [0.2, 0.25) is 5.91 Å². The van der Waals surface area contributed by atoms with Crippen molar-refractivity contribution in [3.63, 3.8) is 0 Å². The number of nitrogens with one attached hydrogen (secondary N) is 1. The summed E-state index contributed by atoms with van der Waals surface area (Å²) in [6.07, 6.45) is 0.0977. The van der Waals surface area contributed by atoms with Crippen LogP contribution in [0.5, 0.6) is 0 Å². The number of rotatable bonds is 7. The van der Waals surface area contributed by atoms with Crippen molar-refractivity contribution >= 4 is 5.91 Å². The van der Waals surface area contributed by atoms with E-state index in [0.717, 1.165) is 0 Å². The summed E-state index contributed by atoms with van der Waals surface area (Å²) in [5, 5.41) is 2.90. The van der Waals surface area contributed by atoms with Crippen molar-refractivity contribution in [1.29, 1.82) is 0 Å². The van der Waals surface area contributed by atoms with Gasteiger partial charge in [-0.3, -0.25) is 4.79 Å². The first-order valence-electron chi connectivity index (χ1n) is 5.89. The molecule has 1 amide bonds. The van der Waals surface area contributed by atoms with Crippen molar-refractivity contribution < 1.29 is 9.53 Å². The summed E-state index contributed by atoms with van der Waals surface area (Å²) >= 11 is 0. The fourth-order valence-corrected chi connectivity index (χ4v) is 1.53. The minimum absolute atomic E-state index is 0.0406. The maximum atomic E-state index is 11.4. The van der Waals surface area contributed by atoms with Crippen LogP contribution in [-0.4, -0.2) is 50.2 Å². The summed E-state index contributed by atoms with van der Waals surface area (Å²) in [7, 11) is 4.06. The highest BCUT2D eigenvalue weighted by Crippen LogP contribution is 2.05. The summed E-state index contributed by atoms with van der Waals surface area (Å²) < 4.78 is 5.23. The number of ether oxygens (including phenoxy) is 1. The zero-order valence-corrected chi connectivity index (χ0v) is 11.4. The molecule has 0 aliphatic rings. The van der Waals surface area contributed by atoms with Crippen molar-refractivity contribution in [2.24, 2.45) is 5.92 Å². The molecule has 1 N–H and O–H groups in total. The predicted molar refractivity (Wildman–Crippen MR) is 66.4 cm³/mol. The van der Waals surface area contributed by atoms with Crippen LogP contribution >= 0.6 is 0 Å². The summed E-state index contributed by atoms with van der Waals surface area (Å²) in [6.45, 7) is 8.97. The van der Waals surface area contributed by atoms with Crippen LogP contribution in [0.25, 0.3) is 0 Å². The van der Waals surface area contributed by atoms with Crippen molar-refractivity contribution in [2.45, 2.75) is 39.8 Å². The van der Waals surface area contributed by atoms with Gasteiger partial charge >= 0.3 is 0 Å². The molecule has 4 nitrogen and oxygen atoms in total. The molecule has 96 valence electrons. The van der Waals surface area contributed by atoms with Crippen LogP contribution in [0.1, 0.15) is 27.7 Å². The van der Waals surface area contributed by atoms with E-state index in [1.54, 1.807) is 0 Å². The molecule has 0 aliphatic heterocycles. The van der Waals surface area contributed by atoms with Crippen LogP contribution < -0.4 is 5.32 Å². The third kappa shape index (κ3) is 6.80. The summed E-state index contributed by atoms with van der Waals surface area (Å²) in [5.41, 5.74) is 0. The molecule has 0 radical (unpaired) electrons. The highest BCUT2D eigenvalue weighted by atomic mass is 16.5. The van der Waals surface area contributed by atoms with Gasteiger partial charge in [0.25, 0.3) is 0 Å². The molecule has 0 bridgehead atoms. The van der Waals surface area contributed by atoms with Gasteiger partial charge in [-0.2, -0.15) is 0 Å². The summed E-state index contributed by atoms with van der Waals surface area (Å²) in [5.74, 6) is 0.475. The van der Waals surface area contributed by atoms with Crippen LogP contribution in [0.4, 0.5) is 0 Å². The van der Waals surface area contributed by atoms with Gasteiger partial charge in [-0.15, -0.1) is 0 Å². The number of carbonyl (C=O) groups excluding carboxylic acids is 1. The van der Waals surface area contributed by atoms with Gasteiger partial charge in [0.05, 0.1) is 6.10 Å². The van der Waals surface area contributed by atoms with Crippen LogP contribution in [0.2, 0.25) is 0 Å². The highest BCUT2D eigenvalue weighted by molar-refractivity contribution is 5.77. The van der Waals surface area contributed by atoms with E-state index in [1.807, 2.05) is 27.9 Å². The Morgan fingerprint density at radius 1 is 1.25 bits per heavy atom. The first-order chi connectivity index (χ1) is 7.34. The molecule has 0 saturated carbocycles. The molecule has 0 spiro atoms. The Bertz CT molecular complexity index is 195. The lowest BCUT2D eigenvalue weighted by Gasteiger charge is -2.28. The van der Waals surface area contributed by atoms with Crippen LogP contribution in [0.15, 0.2) is 0 Å². The van der Waals surface area contributed by atoms with Crippen LogP contribution in [-0.2, 0) is 9.53 Å². The Kier molecular flexibility index (Phi) is 7.34. The molecule has 0 saturated heterocycles. The molecule has 0 rings (SSSR count). The molecule has 0 aromatic heterocycles. The zero-order valence-electron chi connectivity index (χ0n) is 11.4. The predicted octanol–water partition coefficient (Wildman–Crippen LogP) is 1.11. The van der Waals surface area contributed by atoms with E-state index in [2.05, 4.69) is 24.1 Å². The first-order valence-corrected chi connectivity index (χ1v) is 5.89. The van der Waals surface area contributed by atoms with Gasteiger partial charge in [0, 0.05) is 12.6 Å². The molecule has 0 aromatic rings. The van der Waals surface area contributed by atoms with Crippen molar-refractivity contribution in [3.8, 4) is 0 Å². The van der Waals surface area contributed by atoms with Crippen molar-refractivity contribution in [2.75, 3.05) is 27.2 Å². The molecule has 0 heterocycles. The minimum Gasteiger partial charge on any atom is -0.369 e. The highest BCUT2D eigenvalue weighted by Gasteiger charge is 2.16. The lowest BCUT2D eigenvalue weighted by Crippen LogP contribution is -2.44. The Balaban J connectivity index is 3.88. The van der Waals surface area contributed by atoms with Gasteiger partial charge in [0.15, 0.2) is 0 Å². The monoisotopic (exact) mass is 230 g/mol. The van der Waals surface area contributed by atoms with E-state index >= 15 is 0 Å². The fraction of sp³-hybridized carbons (Fsp3) is 0.917. The number of amides is 1. The lowest BCUT2D eigenvalue weighted by molar-refractivity contribution is -0.127. The van der Waals surface area contributed by atoms with Gasteiger partial charge < -0.3 is 15.0 Å². The number of carbonyl (C=O) groups is 1. The average molecular weight is 230 g/mol. The van der Waals surface area contributed by atoms with Gasteiger partial charge in [-0.1, -0.05) is 13.8 Å². The third-order valence-electron chi connectivity index (χ3n) is 2.49. The second kappa shape index (κ2) is 7.63. The third-order valence-corrected chi connectivity index (χ3v) is 2.49. The minimum atomic E-state index is -0.0406. The number of likely N-dealkylation sites (N-methyl/N-ethyl adjacent to an activating group) is 1. The van der Waals surface area contributed by atoms with Crippen molar-refractivity contribution in [3.05, 3.63) is 0 Å². The second-order valence-corrected chi connectivity index (χ2v) is 4.94. The number of hydrogen-bond acceptors (Lipinski definition) is 3. The van der Waals surface area contributed by atoms with Gasteiger partial charge in [0.1, 0.15) is 6.61 Å². The molecular weight excluding hydrogens is 204 g/mol. The maximum Gasteiger partial charge on any atom is 0.246 e. The molecule has 4 heteroatoms. The van der Waals surface area contributed by atoms with E-state index in [0.29, 0.717) is 18.5 Å². The molecule has 1 atom stereocenters. The lowest BCUT2D eigenvalue weighted by atomic mass is 10.0. The maximum absolute atomic E-state index is 11.4. The fourth-order valence-electron chi connectivity index (χ4n) is 1.53. The summed E-state index contributed by atoms with van der Waals surface area (Å²) in [6, 6.07) is 0.364. The smallest absolute Gasteiger partial charge is 0.246 e. The van der Waals surface area contributed by atoms with Crippen LogP contribution in [0.3, 0.4) is 0 Å². The van der Waals surface area contributed by atoms with Crippen LogP contribution in [0, 0.1) is 5.92 Å². The standard InChI is InChI=1S/C12H26N2O2/c1-9(2)11(14(5)6)7-13-12(15)8-16-10(3)4/h9-11H,7-8H2,1-6H3,(H,13,15). The largest absolute Gasteiger partial charge is 0.369 e. The van der Waals surface area contributed by atoms with E-state index in [1.165, 1.54) is 0 Å². The second-order valence-electron chi connectivity index (χ2n) is 4.94. The van der Waals surface area contributed by atoms with E-state index in [9.17, 15) is 4.79 Å². The Labute approximate surface area is 99.3 Å². The van der Waals surface area contributed by atoms with E-state index in [4.69, 9.17) is 4.74 Å². The first kappa shape index (κ1) is 15.4. The van der Waals surface area contributed by atoms with E-state index < -0.39 is 0 Å². The normalized spacial score (nSPS) is 13.6. The van der Waals surface area contributed by atoms with Gasteiger partial charge in [-0.25, -0.2) is 0 Å². The zero-order chi connectivity index (χ0) is 12.7.